The Labute approximate surface area is 117 Å². The average molecular weight is 270 g/mol. The number of rotatable bonds is 5. The van der Waals surface area contributed by atoms with Crippen LogP contribution in [-0.2, 0) is 13.1 Å². The molecule has 2 aromatic heterocycles. The standard InChI is InChI=1S/C16H18N2S/c1-2-7-18-8-5-13(12-18)11-17-15-3-4-16-14(10-15)6-9-19-16/h3-6,8-10,12,17H,2,7,11H2,1H3. The highest BCUT2D eigenvalue weighted by Crippen LogP contribution is 2.24. The molecule has 0 saturated carbocycles. The number of nitrogens with one attached hydrogen (secondary N) is 1. The summed E-state index contributed by atoms with van der Waals surface area (Å²) >= 11 is 1.79. The number of anilines is 1. The predicted octanol–water partition coefficient (Wildman–Crippen LogP) is 4.72. The lowest BCUT2D eigenvalue weighted by Gasteiger charge is -2.05. The molecule has 1 aromatic carbocycles. The van der Waals surface area contributed by atoms with Gasteiger partial charge in [0.2, 0.25) is 0 Å². The van der Waals surface area contributed by atoms with Crippen molar-refractivity contribution in [2.45, 2.75) is 26.4 Å². The van der Waals surface area contributed by atoms with Gasteiger partial charge in [-0.3, -0.25) is 0 Å². The largest absolute Gasteiger partial charge is 0.381 e. The van der Waals surface area contributed by atoms with Crippen molar-refractivity contribution >= 4 is 27.1 Å². The van der Waals surface area contributed by atoms with Crippen molar-refractivity contribution in [3.8, 4) is 0 Å². The first kappa shape index (κ1) is 12.3. The monoisotopic (exact) mass is 270 g/mol. The number of aromatic nitrogens is 1. The van der Waals surface area contributed by atoms with E-state index >= 15 is 0 Å². The Morgan fingerprint density at radius 3 is 3.05 bits per heavy atom. The van der Waals surface area contributed by atoms with Gasteiger partial charge in [0.05, 0.1) is 0 Å². The van der Waals surface area contributed by atoms with Crippen molar-refractivity contribution in [3.63, 3.8) is 0 Å². The van der Waals surface area contributed by atoms with E-state index in [2.05, 4.69) is 64.9 Å². The minimum Gasteiger partial charge on any atom is -0.381 e. The highest BCUT2D eigenvalue weighted by Gasteiger charge is 1.99. The third kappa shape index (κ3) is 2.82. The molecule has 0 bridgehead atoms. The second kappa shape index (κ2) is 5.49. The number of hydrogen-bond acceptors (Lipinski definition) is 2. The Morgan fingerprint density at radius 2 is 2.16 bits per heavy atom. The van der Waals surface area contributed by atoms with Crippen LogP contribution in [0, 0.1) is 0 Å². The summed E-state index contributed by atoms with van der Waals surface area (Å²) in [5.74, 6) is 0. The van der Waals surface area contributed by atoms with Crippen molar-refractivity contribution < 1.29 is 0 Å². The first-order valence-electron chi connectivity index (χ1n) is 6.71. The summed E-state index contributed by atoms with van der Waals surface area (Å²) in [6.07, 6.45) is 5.55. The fraction of sp³-hybridized carbons (Fsp3) is 0.250. The fourth-order valence-corrected chi connectivity index (χ4v) is 3.04. The van der Waals surface area contributed by atoms with Gasteiger partial charge in [-0.1, -0.05) is 6.92 Å². The van der Waals surface area contributed by atoms with Crippen molar-refractivity contribution in [2.24, 2.45) is 0 Å². The zero-order valence-electron chi connectivity index (χ0n) is 11.1. The van der Waals surface area contributed by atoms with E-state index in [0.717, 1.165) is 13.1 Å². The Hall–Kier alpha value is -1.74. The van der Waals surface area contributed by atoms with Gasteiger partial charge in [0.25, 0.3) is 0 Å². The number of benzene rings is 1. The molecule has 0 unspecified atom stereocenters. The summed E-state index contributed by atoms with van der Waals surface area (Å²) in [5, 5.41) is 6.95. The lowest BCUT2D eigenvalue weighted by molar-refractivity contribution is 0.682. The molecule has 0 aliphatic heterocycles. The molecule has 0 radical (unpaired) electrons. The number of nitrogens with zero attached hydrogens (tertiary/aromatic N) is 1. The molecule has 0 fully saturated rings. The maximum Gasteiger partial charge on any atom is 0.0415 e. The van der Waals surface area contributed by atoms with Gasteiger partial charge < -0.3 is 9.88 Å². The minimum atomic E-state index is 0.881. The molecule has 0 amide bonds. The van der Waals surface area contributed by atoms with E-state index < -0.39 is 0 Å². The third-order valence-corrected chi connectivity index (χ3v) is 4.14. The molecule has 0 spiro atoms. The van der Waals surface area contributed by atoms with Gasteiger partial charge in [0, 0.05) is 35.9 Å². The van der Waals surface area contributed by atoms with E-state index in [0.29, 0.717) is 0 Å². The molecule has 0 aliphatic rings. The van der Waals surface area contributed by atoms with Crippen LogP contribution in [0.15, 0.2) is 48.1 Å². The average Bonchev–Trinajstić information content (AvgIpc) is 3.04. The quantitative estimate of drug-likeness (QED) is 0.709. The van der Waals surface area contributed by atoms with Gasteiger partial charge in [-0.2, -0.15) is 0 Å². The first-order valence-corrected chi connectivity index (χ1v) is 7.59. The molecule has 2 nitrogen and oxygen atoms in total. The molecular weight excluding hydrogens is 252 g/mol. The van der Waals surface area contributed by atoms with Gasteiger partial charge in [-0.15, -0.1) is 11.3 Å². The zero-order valence-corrected chi connectivity index (χ0v) is 11.9. The predicted molar refractivity (Wildman–Crippen MR) is 83.9 cm³/mol. The van der Waals surface area contributed by atoms with Crippen molar-refractivity contribution in [1.82, 2.24) is 4.57 Å². The number of fused-ring (bicyclic) bond motifs is 1. The van der Waals surface area contributed by atoms with Gasteiger partial charge >= 0.3 is 0 Å². The maximum atomic E-state index is 3.49. The molecule has 1 N–H and O–H groups in total. The van der Waals surface area contributed by atoms with E-state index in [1.54, 1.807) is 11.3 Å². The first-order chi connectivity index (χ1) is 9.35. The van der Waals surface area contributed by atoms with Crippen molar-refractivity contribution in [2.75, 3.05) is 5.32 Å². The molecule has 0 saturated heterocycles. The lowest BCUT2D eigenvalue weighted by atomic mass is 10.2. The minimum absolute atomic E-state index is 0.881. The third-order valence-electron chi connectivity index (χ3n) is 3.24. The van der Waals surface area contributed by atoms with E-state index in [1.165, 1.54) is 27.8 Å². The van der Waals surface area contributed by atoms with Crippen LogP contribution in [0.25, 0.3) is 10.1 Å². The van der Waals surface area contributed by atoms with Gasteiger partial charge in [0.15, 0.2) is 0 Å². The Morgan fingerprint density at radius 1 is 1.21 bits per heavy atom. The van der Waals surface area contributed by atoms with Crippen LogP contribution in [0.5, 0.6) is 0 Å². The maximum absolute atomic E-state index is 3.49. The van der Waals surface area contributed by atoms with Gasteiger partial charge in [-0.05, 0) is 53.1 Å². The Kier molecular flexibility index (Phi) is 3.56. The van der Waals surface area contributed by atoms with E-state index in [9.17, 15) is 0 Å². The molecule has 0 atom stereocenters. The number of aryl methyl sites for hydroxylation is 1. The summed E-state index contributed by atoms with van der Waals surface area (Å²) in [7, 11) is 0. The summed E-state index contributed by atoms with van der Waals surface area (Å²) in [4.78, 5) is 0. The van der Waals surface area contributed by atoms with Crippen molar-refractivity contribution in [3.05, 3.63) is 53.7 Å². The van der Waals surface area contributed by atoms with E-state index in [4.69, 9.17) is 0 Å². The molecule has 2 heterocycles. The summed E-state index contributed by atoms with van der Waals surface area (Å²) in [6, 6.07) is 10.9. The van der Waals surface area contributed by atoms with Crippen LogP contribution in [0.4, 0.5) is 5.69 Å². The lowest BCUT2D eigenvalue weighted by Crippen LogP contribution is -1.98. The van der Waals surface area contributed by atoms with Crippen LogP contribution in [-0.4, -0.2) is 4.57 Å². The molecule has 19 heavy (non-hydrogen) atoms. The normalized spacial score (nSPS) is 11.0. The zero-order chi connectivity index (χ0) is 13.1. The van der Waals surface area contributed by atoms with Gasteiger partial charge in [-0.25, -0.2) is 0 Å². The molecule has 3 heteroatoms. The molecule has 3 rings (SSSR count). The van der Waals surface area contributed by atoms with E-state index in [-0.39, 0.29) is 0 Å². The highest BCUT2D eigenvalue weighted by molar-refractivity contribution is 7.17. The molecule has 98 valence electrons. The summed E-state index contributed by atoms with van der Waals surface area (Å²) in [6.45, 7) is 4.18. The SMILES string of the molecule is CCCn1ccc(CNc2ccc3sccc3c2)c1. The highest BCUT2D eigenvalue weighted by atomic mass is 32.1. The summed E-state index contributed by atoms with van der Waals surface area (Å²) in [5.41, 5.74) is 2.52. The van der Waals surface area contributed by atoms with Crippen LogP contribution in [0.1, 0.15) is 18.9 Å². The molecular formula is C16H18N2S. The topological polar surface area (TPSA) is 17.0 Å². The van der Waals surface area contributed by atoms with Crippen LogP contribution < -0.4 is 5.32 Å². The van der Waals surface area contributed by atoms with Crippen LogP contribution >= 0.6 is 11.3 Å². The Bertz CT molecular complexity index is 666. The smallest absolute Gasteiger partial charge is 0.0415 e. The second-order valence-corrected chi connectivity index (χ2v) is 5.73. The van der Waals surface area contributed by atoms with Crippen LogP contribution in [0.2, 0.25) is 0 Å². The van der Waals surface area contributed by atoms with Crippen LogP contribution in [0.3, 0.4) is 0 Å². The molecule has 0 aliphatic carbocycles. The Balaban J connectivity index is 1.67. The van der Waals surface area contributed by atoms with Crippen molar-refractivity contribution in [1.29, 1.82) is 0 Å². The second-order valence-electron chi connectivity index (χ2n) is 4.78. The number of hydrogen-bond donors (Lipinski definition) is 1. The number of thiophene rings is 1. The summed E-state index contributed by atoms with van der Waals surface area (Å²) < 4.78 is 3.60. The van der Waals surface area contributed by atoms with E-state index in [1.807, 2.05) is 0 Å². The van der Waals surface area contributed by atoms with Gasteiger partial charge in [0.1, 0.15) is 0 Å². The fourth-order valence-electron chi connectivity index (χ4n) is 2.27. The molecule has 3 aromatic rings.